The summed E-state index contributed by atoms with van der Waals surface area (Å²) in [5, 5.41) is 3.91. The molecule has 1 saturated carbocycles. The Morgan fingerprint density at radius 3 is 2.54 bits per heavy atom. The molecule has 74 heavy (non-hydrogen) atoms. The fourth-order valence-corrected chi connectivity index (χ4v) is 12.7. The second kappa shape index (κ2) is 20.6. The third-order valence-electron chi connectivity index (χ3n) is 15.5. The molecule has 6 aromatic rings. The number of nitrogens with one attached hydrogen (secondary N) is 3. The second-order valence-electron chi connectivity index (χ2n) is 20.4. The van der Waals surface area contributed by atoms with E-state index in [1.807, 2.05) is 23.1 Å². The van der Waals surface area contributed by atoms with Crippen LogP contribution in [0.2, 0.25) is 0 Å². The van der Waals surface area contributed by atoms with Gasteiger partial charge >= 0.3 is 0 Å². The number of rotatable bonds is 15. The van der Waals surface area contributed by atoms with Gasteiger partial charge in [0.15, 0.2) is 11.5 Å². The summed E-state index contributed by atoms with van der Waals surface area (Å²) >= 11 is 0. The number of nitrogens with two attached hydrogens (primary N) is 1. The molecule has 1 amide bonds. The highest BCUT2D eigenvalue weighted by molar-refractivity contribution is 7.90. The van der Waals surface area contributed by atoms with E-state index in [0.29, 0.717) is 62.7 Å². The third-order valence-corrected chi connectivity index (χ3v) is 16.8. The molecule has 4 aromatic carbocycles. The van der Waals surface area contributed by atoms with Gasteiger partial charge in [-0.15, -0.1) is 0 Å². The zero-order valence-electron chi connectivity index (χ0n) is 41.9. The minimum absolute atomic E-state index is 0.0303. The zero-order chi connectivity index (χ0) is 51.1. The fraction of sp³-hybridized carbons (Fsp3) is 0.418. The van der Waals surface area contributed by atoms with Gasteiger partial charge in [0.05, 0.1) is 56.2 Å². The van der Waals surface area contributed by atoms with E-state index in [1.165, 1.54) is 35.0 Å². The Kier molecular flexibility index (Phi) is 13.8. The number of sulfonamides is 1. The van der Waals surface area contributed by atoms with Crippen molar-refractivity contribution in [2.24, 2.45) is 5.41 Å². The number of benzene rings is 4. The second-order valence-corrected chi connectivity index (χ2v) is 22.1. The molecule has 0 radical (unpaired) electrons. The predicted molar refractivity (Wildman–Crippen MR) is 278 cm³/mol. The molecule has 5 aliphatic rings. The number of hydrogen-bond acceptors (Lipinski definition) is 15. The van der Waals surface area contributed by atoms with Gasteiger partial charge in [-0.2, -0.15) is 0 Å². The van der Waals surface area contributed by atoms with Gasteiger partial charge in [-0.3, -0.25) is 14.6 Å². The van der Waals surface area contributed by atoms with Crippen LogP contribution in [0.5, 0.6) is 28.7 Å². The number of aromatic nitrogens is 2. The number of piperazine rings is 1. The molecule has 390 valence electrons. The first-order valence-electron chi connectivity index (χ1n) is 25.5. The molecular weight excluding hydrogens is 968 g/mol. The van der Waals surface area contributed by atoms with Crippen LogP contribution in [0.3, 0.4) is 0 Å². The summed E-state index contributed by atoms with van der Waals surface area (Å²) in [4.78, 5) is 28.6. The van der Waals surface area contributed by atoms with Gasteiger partial charge in [-0.05, 0) is 90.1 Å². The lowest BCUT2D eigenvalue weighted by atomic mass is 9.59. The van der Waals surface area contributed by atoms with Crippen LogP contribution < -0.4 is 39.6 Å². The van der Waals surface area contributed by atoms with Gasteiger partial charge in [0.1, 0.15) is 39.3 Å². The molecule has 2 aromatic heterocycles. The number of carbonyl (C=O) groups is 1. The number of piperidine rings is 1. The van der Waals surface area contributed by atoms with Gasteiger partial charge in [0, 0.05) is 75.5 Å². The molecule has 1 aliphatic carbocycles. The Hall–Kier alpha value is -6.64. The quantitative estimate of drug-likeness (QED) is 0.0719. The number of pyridine rings is 1. The number of carbonyl (C=O) groups excluding carboxylic acids is 1. The number of amides is 1. The van der Waals surface area contributed by atoms with Crippen LogP contribution in [0.4, 0.5) is 21.5 Å². The minimum atomic E-state index is -4.70. The van der Waals surface area contributed by atoms with E-state index in [4.69, 9.17) is 34.2 Å². The van der Waals surface area contributed by atoms with Crippen molar-refractivity contribution in [2.45, 2.75) is 75.1 Å². The highest BCUT2D eigenvalue weighted by Crippen LogP contribution is 2.54. The van der Waals surface area contributed by atoms with Crippen LogP contribution in [0.1, 0.15) is 78.5 Å². The smallest absolute Gasteiger partial charge is 0.268 e. The van der Waals surface area contributed by atoms with E-state index >= 15 is 4.39 Å². The molecule has 0 bridgehead atoms. The first kappa shape index (κ1) is 49.6. The summed E-state index contributed by atoms with van der Waals surface area (Å²) in [6.45, 7) is 10.8. The molecule has 17 nitrogen and oxygen atoms in total. The number of methoxy groups -OCH3 is 1. The van der Waals surface area contributed by atoms with Crippen molar-refractivity contribution in [3.05, 3.63) is 119 Å². The van der Waals surface area contributed by atoms with Crippen LogP contribution in [-0.4, -0.2) is 119 Å². The predicted octanol–water partition coefficient (Wildman–Crippen LogP) is 8.19. The molecule has 0 unspecified atom stereocenters. The van der Waals surface area contributed by atoms with Gasteiger partial charge in [-0.25, -0.2) is 22.5 Å². The number of nitrogens with zero attached hydrogens (tertiary/aromatic N) is 4. The lowest BCUT2D eigenvalue weighted by Crippen LogP contribution is -2.60. The zero-order valence-corrected chi connectivity index (χ0v) is 42.7. The summed E-state index contributed by atoms with van der Waals surface area (Å²) in [5.74, 6) is -0.411. The molecule has 19 heteroatoms. The topological polar surface area (TPSA) is 195 Å². The van der Waals surface area contributed by atoms with E-state index in [0.717, 1.165) is 69.1 Å². The van der Waals surface area contributed by atoms with Crippen molar-refractivity contribution in [1.82, 2.24) is 24.5 Å². The number of ether oxygens (including phenoxy) is 6. The maximum atomic E-state index is 16.7. The largest absolute Gasteiger partial charge is 0.497 e. The monoisotopic (exact) mass is 1030 g/mol. The van der Waals surface area contributed by atoms with Gasteiger partial charge < -0.3 is 49.4 Å². The molecule has 4 aliphatic heterocycles. The summed E-state index contributed by atoms with van der Waals surface area (Å²) < 4.78 is 81.4. The Labute approximate surface area is 430 Å². The molecular formula is C55H63FN8O9S. The van der Waals surface area contributed by atoms with E-state index < -0.39 is 26.6 Å². The van der Waals surface area contributed by atoms with E-state index in [9.17, 15) is 13.2 Å². The lowest BCUT2D eigenvalue weighted by Gasteiger charge is -2.58. The minimum Gasteiger partial charge on any atom is -0.497 e. The number of hydrogen-bond donors (Lipinski definition) is 4. The average Bonchev–Trinajstić information content (AvgIpc) is 4.11. The van der Waals surface area contributed by atoms with Crippen molar-refractivity contribution in [3.63, 3.8) is 0 Å². The number of fused-ring (bicyclic) bond motifs is 2. The third kappa shape index (κ3) is 10.0. The highest BCUT2D eigenvalue weighted by atomic mass is 32.2. The summed E-state index contributed by atoms with van der Waals surface area (Å²) in [7, 11) is -3.01. The van der Waals surface area contributed by atoms with Crippen molar-refractivity contribution in [3.8, 4) is 28.7 Å². The maximum Gasteiger partial charge on any atom is 0.268 e. The standard InChI is InChI=1S/C55H63FN8O9S/c1-34(2)41-6-4-5-7-42(41)47-31-62(30-35-8-10-38(68-3)11-9-35)18-19-64(47)37-26-55(27-37)13-16-63(17-14-55)46-25-48(73-39-22-36-12-15-58-53(36)60-28-39)43(23-44(46)56)54(65)61-74(66,67)49-24-45(57)50(52-51(49)71-33-72-52)59-29-40-32-69-20-21-70-40/h4-12,15,22-25,28,34,37,40,47,59H,13-14,16-21,26-27,29-33,57H2,1-3H3,(H,58,60)(H,61,65)/t40-,47-/m0/s1. The molecule has 6 heterocycles. The highest BCUT2D eigenvalue weighted by Gasteiger charge is 2.50. The normalized spacial score (nSPS) is 20.2. The van der Waals surface area contributed by atoms with Crippen molar-refractivity contribution >= 4 is 44.0 Å². The first-order chi connectivity index (χ1) is 35.8. The Balaban J connectivity index is 0.807. The van der Waals surface area contributed by atoms with Gasteiger partial charge in [-0.1, -0.05) is 50.2 Å². The Morgan fingerprint density at radius 2 is 1.77 bits per heavy atom. The van der Waals surface area contributed by atoms with Gasteiger partial charge in [0.25, 0.3) is 15.9 Å². The average molecular weight is 1030 g/mol. The summed E-state index contributed by atoms with van der Waals surface area (Å²) in [6, 6.07) is 25.2. The van der Waals surface area contributed by atoms with Crippen molar-refractivity contribution in [1.29, 1.82) is 0 Å². The van der Waals surface area contributed by atoms with E-state index in [1.54, 1.807) is 19.4 Å². The van der Waals surface area contributed by atoms with Crippen LogP contribution in [-0.2, 0) is 26.0 Å². The number of nitrogen functional groups attached to an aromatic ring is 1. The summed E-state index contributed by atoms with van der Waals surface area (Å²) in [5.41, 5.74) is 11.5. The van der Waals surface area contributed by atoms with Crippen LogP contribution >= 0.6 is 0 Å². The molecule has 2 atom stereocenters. The molecule has 5 N–H and O–H groups in total. The number of H-pyrrole nitrogens is 1. The molecule has 1 spiro atoms. The number of halogens is 1. The molecule has 4 fully saturated rings. The van der Waals surface area contributed by atoms with Crippen molar-refractivity contribution in [2.75, 3.05) is 88.9 Å². The van der Waals surface area contributed by atoms with E-state index in [-0.39, 0.29) is 64.3 Å². The van der Waals surface area contributed by atoms with Crippen LogP contribution in [0.25, 0.3) is 11.0 Å². The SMILES string of the molecule is COc1ccc(CN2CCN(C3CC4(CCN(c5cc(Oc6cnc7[nH]ccc7c6)c(C(=O)NS(=O)(=O)c6cc(N)c(NC[C@H]7COCCO7)c7c6OCO7)cc5F)CC4)C3)[C@H](c3ccccc3C(C)C)C2)cc1. The number of aromatic amines is 1. The van der Waals surface area contributed by atoms with Crippen molar-refractivity contribution < 1.29 is 46.0 Å². The maximum absolute atomic E-state index is 16.7. The fourth-order valence-electron chi connectivity index (χ4n) is 11.5. The van der Waals surface area contributed by atoms with E-state index in [2.05, 4.69) is 80.1 Å². The Morgan fingerprint density at radius 1 is 0.973 bits per heavy atom. The van der Waals surface area contributed by atoms with Crippen LogP contribution in [0, 0.1) is 11.2 Å². The molecule has 3 saturated heterocycles. The number of anilines is 3. The first-order valence-corrected chi connectivity index (χ1v) is 26.9. The Bertz CT molecular complexity index is 3130. The summed E-state index contributed by atoms with van der Waals surface area (Å²) in [6.07, 6.45) is 6.83. The molecule has 11 rings (SSSR count). The van der Waals surface area contributed by atoms with Crippen LogP contribution in [0.15, 0.2) is 96.2 Å². The lowest BCUT2D eigenvalue weighted by molar-refractivity contribution is -0.0818. The van der Waals surface area contributed by atoms with Gasteiger partial charge in [0.2, 0.25) is 6.79 Å².